The molecule has 1 amide bonds. The fourth-order valence-electron chi connectivity index (χ4n) is 3.76. The molecule has 0 aromatic carbocycles. The van der Waals surface area contributed by atoms with Crippen LogP contribution in [-0.2, 0) is 24.4 Å². The Morgan fingerprint density at radius 1 is 1.03 bits per heavy atom. The number of rotatable bonds is 11. The Kier molecular flexibility index (Phi) is 8.17. The zero-order valence-electron chi connectivity index (χ0n) is 20.1. The van der Waals surface area contributed by atoms with E-state index in [9.17, 15) is 14.4 Å². The first kappa shape index (κ1) is 25.1. The molecule has 0 aliphatic heterocycles. The summed E-state index contributed by atoms with van der Waals surface area (Å²) in [6.07, 6.45) is 3.15. The molecule has 0 spiro atoms. The molecule has 0 atom stereocenters. The summed E-state index contributed by atoms with van der Waals surface area (Å²) in [5.41, 5.74) is 5.03. The minimum Gasteiger partial charge on any atom is -0.468 e. The van der Waals surface area contributed by atoms with E-state index in [1.165, 1.54) is 9.47 Å². The molecule has 0 unspecified atom stereocenters. The molecule has 10 heteroatoms. The summed E-state index contributed by atoms with van der Waals surface area (Å²) >= 11 is 0. The van der Waals surface area contributed by atoms with Crippen LogP contribution in [-0.4, -0.2) is 33.4 Å². The number of nitrogen functional groups attached to an aromatic ring is 1. The molecule has 0 fully saturated rings. The van der Waals surface area contributed by atoms with Gasteiger partial charge in [0.1, 0.15) is 17.3 Å². The lowest BCUT2D eigenvalue weighted by atomic mass is 10.2. The van der Waals surface area contributed by atoms with Crippen LogP contribution in [0, 0.1) is 11.8 Å². The van der Waals surface area contributed by atoms with Crippen LogP contribution in [0.2, 0.25) is 0 Å². The van der Waals surface area contributed by atoms with Crippen molar-refractivity contribution in [1.82, 2.24) is 14.5 Å². The minimum atomic E-state index is -0.680. The van der Waals surface area contributed by atoms with Gasteiger partial charge in [-0.3, -0.25) is 24.0 Å². The zero-order chi connectivity index (χ0) is 24.8. The smallest absolute Gasteiger partial charge is 0.330 e. The number of nitrogens with one attached hydrogen (secondary N) is 1. The van der Waals surface area contributed by atoms with Crippen LogP contribution in [0.1, 0.15) is 39.2 Å². The van der Waals surface area contributed by atoms with Gasteiger partial charge in [0.15, 0.2) is 5.69 Å². The Balaban J connectivity index is 1.95. The molecule has 0 aliphatic carbocycles. The van der Waals surface area contributed by atoms with E-state index >= 15 is 0 Å². The monoisotopic (exact) mass is 471 g/mol. The van der Waals surface area contributed by atoms with E-state index in [1.807, 2.05) is 44.7 Å². The number of H-pyrrole nitrogens is 1. The van der Waals surface area contributed by atoms with Crippen molar-refractivity contribution in [3.05, 3.63) is 69.2 Å². The van der Waals surface area contributed by atoms with Gasteiger partial charge < -0.3 is 19.5 Å². The maximum Gasteiger partial charge on any atom is 0.330 e. The quantitative estimate of drug-likeness (QED) is 0.439. The average molecular weight is 472 g/mol. The summed E-state index contributed by atoms with van der Waals surface area (Å²) in [7, 11) is 0. The van der Waals surface area contributed by atoms with Crippen molar-refractivity contribution in [2.75, 3.05) is 23.7 Å². The number of nitrogens with zero attached hydrogens (tertiary/aromatic N) is 3. The van der Waals surface area contributed by atoms with Gasteiger partial charge in [-0.15, -0.1) is 0 Å². The number of nitrogens with two attached hydrogens (primary N) is 1. The van der Waals surface area contributed by atoms with Gasteiger partial charge in [0.25, 0.3) is 5.56 Å². The maximum absolute atomic E-state index is 13.6. The van der Waals surface area contributed by atoms with Gasteiger partial charge >= 0.3 is 5.69 Å². The summed E-state index contributed by atoms with van der Waals surface area (Å²) in [5.74, 6) is 1.22. The second kappa shape index (κ2) is 11.1. The third-order valence-corrected chi connectivity index (χ3v) is 5.16. The molecule has 3 aromatic rings. The highest BCUT2D eigenvalue weighted by Gasteiger charge is 2.27. The maximum atomic E-state index is 13.6. The fraction of sp³-hybridized carbons (Fsp3) is 0.458. The Hall–Kier alpha value is -3.53. The molecule has 3 rings (SSSR count). The molecule has 0 saturated heterocycles. The number of amides is 1. The fourth-order valence-corrected chi connectivity index (χ4v) is 3.76. The van der Waals surface area contributed by atoms with Gasteiger partial charge in [-0.2, -0.15) is 0 Å². The number of aromatic nitrogens is 2. The van der Waals surface area contributed by atoms with Gasteiger partial charge in [-0.05, 0) is 36.1 Å². The number of hydrogen-bond acceptors (Lipinski definition) is 7. The van der Waals surface area contributed by atoms with E-state index in [-0.39, 0.29) is 42.3 Å². The Morgan fingerprint density at radius 3 is 2.09 bits per heavy atom. The number of furan rings is 2. The van der Waals surface area contributed by atoms with Gasteiger partial charge in [0.2, 0.25) is 5.91 Å². The number of hydrogen-bond donors (Lipinski definition) is 2. The van der Waals surface area contributed by atoms with Gasteiger partial charge in [0.05, 0.1) is 32.2 Å². The standard InChI is InChI=1S/C24H33N5O5/c1-16(2)11-28(21-22(25)29(12-17(3)4)24(32)26-23(21)31)20(30)15-27(13-18-7-5-9-33-18)14-19-8-6-10-34-19/h5-10,16-17H,11-15,25H2,1-4H3,(H,26,31,32). The lowest BCUT2D eigenvalue weighted by Gasteiger charge is -2.29. The Labute approximate surface area is 198 Å². The lowest BCUT2D eigenvalue weighted by Crippen LogP contribution is -2.46. The molecule has 0 aliphatic rings. The van der Waals surface area contributed by atoms with E-state index in [4.69, 9.17) is 14.6 Å². The zero-order valence-corrected chi connectivity index (χ0v) is 20.1. The van der Waals surface area contributed by atoms with Crippen molar-refractivity contribution in [2.45, 2.75) is 47.3 Å². The molecule has 34 heavy (non-hydrogen) atoms. The van der Waals surface area contributed by atoms with Crippen molar-refractivity contribution in [3.8, 4) is 0 Å². The summed E-state index contributed by atoms with van der Waals surface area (Å²) in [6.45, 7) is 9.07. The van der Waals surface area contributed by atoms with Crippen molar-refractivity contribution < 1.29 is 13.6 Å². The van der Waals surface area contributed by atoms with Gasteiger partial charge in [0, 0.05) is 13.1 Å². The van der Waals surface area contributed by atoms with Gasteiger partial charge in [-0.1, -0.05) is 27.7 Å². The SMILES string of the molecule is CC(C)CN(C(=O)CN(Cc1ccco1)Cc1ccco1)c1c(N)n(CC(C)C)c(=O)[nH]c1=O. The van der Waals surface area contributed by atoms with Gasteiger partial charge in [-0.25, -0.2) is 4.79 Å². The Morgan fingerprint density at radius 2 is 1.62 bits per heavy atom. The number of carbonyl (C=O) groups excluding carboxylic acids is 1. The molecule has 10 nitrogen and oxygen atoms in total. The molecular formula is C24H33N5O5. The number of aromatic amines is 1. The van der Waals surface area contributed by atoms with Crippen LogP contribution in [0.4, 0.5) is 11.5 Å². The first-order valence-electron chi connectivity index (χ1n) is 11.4. The highest BCUT2D eigenvalue weighted by Crippen LogP contribution is 2.20. The summed E-state index contributed by atoms with van der Waals surface area (Å²) in [5, 5.41) is 0. The predicted octanol–water partition coefficient (Wildman–Crippen LogP) is 2.65. The summed E-state index contributed by atoms with van der Waals surface area (Å²) in [4.78, 5) is 44.4. The van der Waals surface area contributed by atoms with Crippen LogP contribution >= 0.6 is 0 Å². The molecule has 0 radical (unpaired) electrons. The first-order chi connectivity index (χ1) is 16.2. The predicted molar refractivity (Wildman–Crippen MR) is 129 cm³/mol. The van der Waals surface area contributed by atoms with E-state index < -0.39 is 11.2 Å². The highest BCUT2D eigenvalue weighted by molar-refractivity contribution is 5.96. The largest absolute Gasteiger partial charge is 0.468 e. The minimum absolute atomic E-state index is 0.00472. The molecule has 3 N–H and O–H groups in total. The van der Waals surface area contributed by atoms with Crippen molar-refractivity contribution in [2.24, 2.45) is 11.8 Å². The van der Waals surface area contributed by atoms with E-state index in [1.54, 1.807) is 24.7 Å². The number of carbonyl (C=O) groups is 1. The topological polar surface area (TPSA) is 131 Å². The second-order valence-corrected chi connectivity index (χ2v) is 9.20. The molecule has 3 heterocycles. The van der Waals surface area contributed by atoms with Crippen molar-refractivity contribution in [1.29, 1.82) is 0 Å². The summed E-state index contributed by atoms with van der Waals surface area (Å²) in [6, 6.07) is 7.23. The average Bonchev–Trinajstić information content (AvgIpc) is 3.44. The van der Waals surface area contributed by atoms with Crippen LogP contribution < -0.4 is 21.9 Å². The van der Waals surface area contributed by atoms with Crippen molar-refractivity contribution in [3.63, 3.8) is 0 Å². The van der Waals surface area contributed by atoms with E-state index in [0.29, 0.717) is 31.2 Å². The van der Waals surface area contributed by atoms with Crippen molar-refractivity contribution >= 4 is 17.4 Å². The second-order valence-electron chi connectivity index (χ2n) is 9.20. The molecule has 0 bridgehead atoms. The molecule has 184 valence electrons. The van der Waals surface area contributed by atoms with Crippen LogP contribution in [0.5, 0.6) is 0 Å². The third-order valence-electron chi connectivity index (χ3n) is 5.16. The van der Waals surface area contributed by atoms with Crippen LogP contribution in [0.3, 0.4) is 0 Å². The van der Waals surface area contributed by atoms with Crippen LogP contribution in [0.25, 0.3) is 0 Å². The normalized spacial score (nSPS) is 11.6. The Bertz CT molecular complexity index is 1140. The number of anilines is 2. The van der Waals surface area contributed by atoms with Crippen LogP contribution in [0.15, 0.2) is 55.2 Å². The highest BCUT2D eigenvalue weighted by atomic mass is 16.3. The summed E-state index contributed by atoms with van der Waals surface area (Å²) < 4.78 is 12.2. The lowest BCUT2D eigenvalue weighted by molar-refractivity contribution is -0.120. The van der Waals surface area contributed by atoms with E-state index in [0.717, 1.165) is 0 Å². The van der Waals surface area contributed by atoms with E-state index in [2.05, 4.69) is 4.98 Å². The molecule has 0 saturated carbocycles. The molecule has 3 aromatic heterocycles. The molecular weight excluding hydrogens is 438 g/mol. The first-order valence-corrected chi connectivity index (χ1v) is 11.4. The third kappa shape index (κ3) is 6.28.